The van der Waals surface area contributed by atoms with Gasteiger partial charge >= 0.3 is 0 Å². The first kappa shape index (κ1) is 37.7. The van der Waals surface area contributed by atoms with Crippen LogP contribution in [-0.4, -0.2) is 32.4 Å². The highest BCUT2D eigenvalue weighted by Crippen LogP contribution is 2.65. The summed E-state index contributed by atoms with van der Waals surface area (Å²) in [7, 11) is 0. The number of nitrogens with zero attached hydrogens (tertiary/aromatic N) is 2. The third-order valence-corrected chi connectivity index (χ3v) is 14.6. The number of carbonyl (C=O) groups excluding carboxylic acids is 1. The molecule has 2 unspecified atom stereocenters. The minimum Gasteiger partial charge on any atom is -0.356 e. The molecule has 63 heavy (non-hydrogen) atoms. The third kappa shape index (κ3) is 6.59. The van der Waals surface area contributed by atoms with Gasteiger partial charge in [0.05, 0.1) is 22.8 Å². The maximum absolute atomic E-state index is 12.1. The van der Waals surface area contributed by atoms with Crippen LogP contribution < -0.4 is 5.32 Å². The molecular weight excluding hydrogens is 771 g/mol. The first-order valence-corrected chi connectivity index (χ1v) is 22.6. The minimum atomic E-state index is 0.0805. The Hall–Kier alpha value is -7.05. The van der Waals surface area contributed by atoms with E-state index in [4.69, 9.17) is 9.97 Å². The molecule has 6 nitrogen and oxygen atoms in total. The van der Waals surface area contributed by atoms with Crippen molar-refractivity contribution in [3.05, 3.63) is 168 Å². The largest absolute Gasteiger partial charge is 0.356 e. The Balaban J connectivity index is 1.10. The van der Waals surface area contributed by atoms with Crippen molar-refractivity contribution in [1.82, 2.24) is 25.3 Å². The summed E-state index contributed by atoms with van der Waals surface area (Å²) in [5.41, 5.74) is 17.9. The van der Waals surface area contributed by atoms with E-state index in [1.807, 2.05) is 0 Å². The number of fused-ring (bicyclic) bond motifs is 8. The van der Waals surface area contributed by atoms with Gasteiger partial charge in [-0.25, -0.2) is 9.97 Å². The lowest BCUT2D eigenvalue weighted by molar-refractivity contribution is -0.121. The molecule has 7 aromatic rings. The van der Waals surface area contributed by atoms with Crippen molar-refractivity contribution in [2.45, 2.75) is 50.9 Å². The summed E-state index contributed by atoms with van der Waals surface area (Å²) in [6.45, 7) is 2.45. The van der Waals surface area contributed by atoms with Crippen LogP contribution in [0.1, 0.15) is 73.8 Å². The van der Waals surface area contributed by atoms with Gasteiger partial charge in [-0.2, -0.15) is 0 Å². The van der Waals surface area contributed by atoms with Crippen molar-refractivity contribution in [2.24, 2.45) is 17.3 Å². The van der Waals surface area contributed by atoms with E-state index in [0.29, 0.717) is 0 Å². The number of H-pyrrole nitrogens is 2. The normalized spacial score (nSPS) is 21.8. The number of rotatable bonds is 7. The molecule has 0 saturated heterocycles. The highest BCUT2D eigenvalue weighted by molar-refractivity contribution is 6.00. The third-order valence-electron chi connectivity index (χ3n) is 14.6. The average Bonchev–Trinajstić information content (AvgIpc) is 4.15. The highest BCUT2D eigenvalue weighted by atomic mass is 16.1. The number of aromatic nitrogens is 4. The predicted molar refractivity (Wildman–Crippen MR) is 258 cm³/mol. The lowest BCUT2D eigenvalue weighted by Gasteiger charge is -2.62. The molecule has 3 N–H and O–H groups in total. The fraction of sp³-hybridized carbons (Fsp3) is 0.211. The van der Waals surface area contributed by atoms with E-state index in [1.54, 1.807) is 6.92 Å². The number of carbonyl (C=O) groups is 1. The molecule has 308 valence electrons. The number of nitrogens with one attached hydrogen (secondary N) is 3. The van der Waals surface area contributed by atoms with Gasteiger partial charge in [0.1, 0.15) is 0 Å². The predicted octanol–water partition coefficient (Wildman–Crippen LogP) is 13.3. The Kier molecular flexibility index (Phi) is 8.86. The van der Waals surface area contributed by atoms with Gasteiger partial charge in [0, 0.05) is 57.8 Å². The zero-order chi connectivity index (χ0) is 42.1. The number of aromatic amines is 2. The molecule has 0 spiro atoms. The maximum Gasteiger partial charge on any atom is 0.216 e. The van der Waals surface area contributed by atoms with E-state index < -0.39 is 0 Å². The van der Waals surface area contributed by atoms with E-state index in [9.17, 15) is 4.79 Å². The molecule has 4 saturated carbocycles. The van der Waals surface area contributed by atoms with Crippen LogP contribution in [0.5, 0.6) is 0 Å². The zero-order valence-electron chi connectivity index (χ0n) is 35.5. The van der Waals surface area contributed by atoms with Gasteiger partial charge in [0.25, 0.3) is 0 Å². The van der Waals surface area contributed by atoms with E-state index in [1.165, 1.54) is 37.7 Å². The lowest BCUT2D eigenvalue weighted by atomic mass is 9.43. The monoisotopic (exact) mass is 819 g/mol. The molecule has 6 heteroatoms. The van der Waals surface area contributed by atoms with Gasteiger partial charge in [-0.3, -0.25) is 4.79 Å². The molecule has 4 aromatic carbocycles. The van der Waals surface area contributed by atoms with Gasteiger partial charge in [0.2, 0.25) is 5.91 Å². The van der Waals surface area contributed by atoms with Gasteiger partial charge in [-0.05, 0) is 138 Å². The Morgan fingerprint density at radius 1 is 0.524 bits per heavy atom. The Morgan fingerprint density at radius 2 is 0.937 bits per heavy atom. The smallest absolute Gasteiger partial charge is 0.216 e. The Morgan fingerprint density at radius 3 is 1.40 bits per heavy atom. The van der Waals surface area contributed by atoms with Crippen LogP contribution in [0.2, 0.25) is 0 Å². The average molecular weight is 820 g/mol. The zero-order valence-corrected chi connectivity index (χ0v) is 35.5. The number of amides is 1. The molecule has 2 atom stereocenters. The van der Waals surface area contributed by atoms with Crippen molar-refractivity contribution < 1.29 is 4.79 Å². The fourth-order valence-corrected chi connectivity index (χ4v) is 12.5. The van der Waals surface area contributed by atoms with Crippen LogP contribution in [0.4, 0.5) is 0 Å². The van der Waals surface area contributed by atoms with Crippen LogP contribution in [-0.2, 0) is 10.2 Å². The van der Waals surface area contributed by atoms with Crippen molar-refractivity contribution >= 4 is 52.3 Å². The number of hydrogen-bond acceptors (Lipinski definition) is 3. The Bertz CT molecular complexity index is 3010. The van der Waals surface area contributed by atoms with E-state index >= 15 is 0 Å². The van der Waals surface area contributed by atoms with Crippen LogP contribution in [0.15, 0.2) is 140 Å². The summed E-state index contributed by atoms with van der Waals surface area (Å²) in [6, 6.07) is 50.0. The van der Waals surface area contributed by atoms with E-state index in [0.717, 1.165) is 114 Å². The van der Waals surface area contributed by atoms with Crippen LogP contribution in [0, 0.1) is 17.3 Å². The molecule has 1 amide bonds. The summed E-state index contributed by atoms with van der Waals surface area (Å²) in [6.07, 6.45) is 16.1. The van der Waals surface area contributed by atoms with E-state index in [-0.39, 0.29) is 16.7 Å². The summed E-state index contributed by atoms with van der Waals surface area (Å²) >= 11 is 0. The summed E-state index contributed by atoms with van der Waals surface area (Å²) in [4.78, 5) is 30.9. The molecule has 12 bridgehead atoms. The number of hydrogen-bond donors (Lipinski definition) is 3. The Labute approximate surface area is 367 Å². The van der Waals surface area contributed by atoms with Crippen molar-refractivity contribution in [1.29, 1.82) is 0 Å². The van der Waals surface area contributed by atoms with Crippen molar-refractivity contribution in [2.75, 3.05) is 6.54 Å². The number of benzene rings is 4. The molecule has 4 fully saturated rings. The quantitative estimate of drug-likeness (QED) is 0.150. The second-order valence-corrected chi connectivity index (χ2v) is 18.8. The minimum absolute atomic E-state index is 0.0805. The summed E-state index contributed by atoms with van der Waals surface area (Å²) < 4.78 is 0. The lowest BCUT2D eigenvalue weighted by Crippen LogP contribution is -2.57. The van der Waals surface area contributed by atoms with Crippen molar-refractivity contribution in [3.63, 3.8) is 0 Å². The van der Waals surface area contributed by atoms with E-state index in [2.05, 4.69) is 179 Å². The van der Waals surface area contributed by atoms with Crippen LogP contribution >= 0.6 is 0 Å². The molecule has 0 radical (unpaired) electrons. The first-order chi connectivity index (χ1) is 30.9. The maximum atomic E-state index is 12.1. The SMILES string of the molecule is CC(=O)NCC12CC3CC(C1)CC(c1ccc(-c4c5nc(c(-c6ccccc6)c6ccc([nH]6)c(-c6ccccc6)c6ccc([nH]6)c(-c6ccccc6)c6nc4C=C6)C=C5)cc1)(C3)C2. The second kappa shape index (κ2) is 14.8. The van der Waals surface area contributed by atoms with Crippen LogP contribution in [0.25, 0.3) is 90.9 Å². The second-order valence-electron chi connectivity index (χ2n) is 18.8. The van der Waals surface area contributed by atoms with Gasteiger partial charge < -0.3 is 15.3 Å². The standard InChI is InChI=1S/C57H49N5O/c1-36(63)58-35-56-30-37-29-38(31-56)33-57(32-37,34-56)43-19-17-42(18-20-43)55-50-27-25-48(61-50)53(40-13-7-3-8-14-40)46-23-21-44(59-46)52(39-11-5-2-6-12-39)45-22-24-47(60-45)54(41-15-9-4-10-16-41)49-26-28-51(55)62-49/h2-28,37-38,59-60H,29-35H2,1H3,(H,58,63). The van der Waals surface area contributed by atoms with Gasteiger partial charge in [-0.1, -0.05) is 115 Å². The van der Waals surface area contributed by atoms with Gasteiger partial charge in [-0.15, -0.1) is 0 Å². The van der Waals surface area contributed by atoms with Crippen molar-refractivity contribution in [3.8, 4) is 44.5 Å². The topological polar surface area (TPSA) is 86.5 Å². The summed E-state index contributed by atoms with van der Waals surface area (Å²) in [5.74, 6) is 1.53. The molecule has 6 aliphatic rings. The molecular formula is C57H49N5O. The van der Waals surface area contributed by atoms with Crippen LogP contribution in [0.3, 0.4) is 0 Å². The molecule has 13 rings (SSSR count). The molecule has 3 aromatic heterocycles. The molecule has 4 aliphatic carbocycles. The van der Waals surface area contributed by atoms with Gasteiger partial charge in [0.15, 0.2) is 0 Å². The molecule has 5 heterocycles. The summed E-state index contributed by atoms with van der Waals surface area (Å²) in [5, 5.41) is 3.24. The highest BCUT2D eigenvalue weighted by Gasteiger charge is 2.58. The molecule has 2 aliphatic heterocycles. The fourth-order valence-electron chi connectivity index (χ4n) is 12.5. The first-order valence-electron chi connectivity index (χ1n) is 22.6.